The lowest BCUT2D eigenvalue weighted by atomic mass is 10.1. The number of aryl methyl sites for hydroxylation is 1. The second-order valence-corrected chi connectivity index (χ2v) is 7.13. The largest absolute Gasteiger partial charge is 0.504 e. The van der Waals surface area contributed by atoms with E-state index in [0.29, 0.717) is 25.4 Å². The van der Waals surface area contributed by atoms with Crippen LogP contribution in [0.15, 0.2) is 24.3 Å². The third-order valence-electron chi connectivity index (χ3n) is 3.79. The van der Waals surface area contributed by atoms with Crippen molar-refractivity contribution in [3.05, 3.63) is 34.7 Å². The van der Waals surface area contributed by atoms with E-state index in [2.05, 4.69) is 13.0 Å². The summed E-state index contributed by atoms with van der Waals surface area (Å²) in [6.45, 7) is 3.35. The lowest BCUT2D eigenvalue weighted by Crippen LogP contribution is -2.39. The zero-order valence-electron chi connectivity index (χ0n) is 13.5. The van der Waals surface area contributed by atoms with Gasteiger partial charge in [0.25, 0.3) is 0 Å². The van der Waals surface area contributed by atoms with Crippen molar-refractivity contribution in [3.63, 3.8) is 0 Å². The van der Waals surface area contributed by atoms with Crippen molar-refractivity contribution in [2.45, 2.75) is 13.5 Å². The fourth-order valence-corrected chi connectivity index (χ4v) is 3.53. The molecule has 1 aromatic heterocycles. The van der Waals surface area contributed by atoms with Crippen LogP contribution in [0.25, 0.3) is 10.4 Å². The van der Waals surface area contributed by atoms with Crippen LogP contribution in [0.2, 0.25) is 0 Å². The second kappa shape index (κ2) is 6.12. The first-order valence-corrected chi connectivity index (χ1v) is 8.29. The molecule has 2 amide bonds. The zero-order valence-corrected chi connectivity index (χ0v) is 14.3. The van der Waals surface area contributed by atoms with Gasteiger partial charge in [-0.15, -0.1) is 11.3 Å². The number of amides is 2. The summed E-state index contributed by atoms with van der Waals surface area (Å²) in [7, 11) is 3.47. The molecular weight excluding hydrogens is 312 g/mol. The summed E-state index contributed by atoms with van der Waals surface area (Å²) in [5, 5.41) is 10.3. The Balaban J connectivity index is 1.99. The maximum Gasteiger partial charge on any atom is 0.319 e. The van der Waals surface area contributed by atoms with Gasteiger partial charge in [-0.2, -0.15) is 0 Å². The van der Waals surface area contributed by atoms with E-state index in [1.807, 2.05) is 12.1 Å². The number of phenolic OH excluding ortho intramolecular Hbond substituents is 1. The highest BCUT2D eigenvalue weighted by Crippen LogP contribution is 2.39. The number of benzene rings is 1. The molecule has 0 fully saturated rings. The second-order valence-electron chi connectivity index (χ2n) is 5.84. The van der Waals surface area contributed by atoms with Crippen molar-refractivity contribution >= 4 is 17.4 Å². The first kappa shape index (κ1) is 15.7. The molecule has 5 nitrogen and oxygen atoms in total. The molecule has 0 spiro atoms. The van der Waals surface area contributed by atoms with E-state index in [1.165, 1.54) is 4.88 Å². The molecule has 0 unspecified atom stereocenters. The fraction of sp³-hybridized carbons (Fsp3) is 0.353. The Morgan fingerprint density at radius 3 is 2.78 bits per heavy atom. The van der Waals surface area contributed by atoms with Crippen LogP contribution in [-0.4, -0.2) is 48.2 Å². The van der Waals surface area contributed by atoms with Crippen LogP contribution in [0.1, 0.15) is 10.4 Å². The van der Waals surface area contributed by atoms with Crippen LogP contribution >= 0.6 is 11.3 Å². The Kier molecular flexibility index (Phi) is 4.17. The van der Waals surface area contributed by atoms with Gasteiger partial charge < -0.3 is 19.6 Å². The summed E-state index contributed by atoms with van der Waals surface area (Å²) in [6.07, 6.45) is 0. The molecule has 122 valence electrons. The Hall–Kier alpha value is -2.21. The first-order chi connectivity index (χ1) is 11.0. The van der Waals surface area contributed by atoms with Gasteiger partial charge in [0, 0.05) is 29.4 Å². The summed E-state index contributed by atoms with van der Waals surface area (Å²) in [5.41, 5.74) is 1.78. The molecule has 0 radical (unpaired) electrons. The molecule has 1 N–H and O–H groups in total. The minimum Gasteiger partial charge on any atom is -0.504 e. The third kappa shape index (κ3) is 3.12. The van der Waals surface area contributed by atoms with Gasteiger partial charge in [-0.05, 0) is 36.8 Å². The lowest BCUT2D eigenvalue weighted by Gasteiger charge is -2.24. The molecule has 0 aliphatic carbocycles. The maximum atomic E-state index is 12.2. The Labute approximate surface area is 139 Å². The summed E-state index contributed by atoms with van der Waals surface area (Å²) < 4.78 is 5.68. The van der Waals surface area contributed by atoms with E-state index in [4.69, 9.17) is 4.74 Å². The van der Waals surface area contributed by atoms with Crippen LogP contribution in [0.4, 0.5) is 4.79 Å². The highest BCUT2D eigenvalue weighted by atomic mass is 32.1. The van der Waals surface area contributed by atoms with Crippen LogP contribution in [0.3, 0.4) is 0 Å². The molecule has 2 heterocycles. The van der Waals surface area contributed by atoms with Gasteiger partial charge >= 0.3 is 6.03 Å². The molecule has 1 aliphatic rings. The van der Waals surface area contributed by atoms with Gasteiger partial charge in [0.2, 0.25) is 0 Å². The fourth-order valence-electron chi connectivity index (χ4n) is 2.68. The monoisotopic (exact) mass is 332 g/mol. The highest BCUT2D eigenvalue weighted by Gasteiger charge is 2.23. The number of urea groups is 1. The number of hydrogen-bond donors (Lipinski definition) is 1. The van der Waals surface area contributed by atoms with Crippen LogP contribution in [0.5, 0.6) is 11.5 Å². The SMILES string of the molecule is Cc1ccc(-c2cc(O)c3c(c2)CN(C(=O)N(C)C)CCO3)s1. The van der Waals surface area contributed by atoms with Crippen LogP contribution < -0.4 is 4.74 Å². The predicted octanol–water partition coefficient (Wildman–Crippen LogP) is 3.31. The number of ether oxygens (including phenoxy) is 1. The molecule has 0 saturated carbocycles. The molecule has 2 aromatic rings. The number of rotatable bonds is 1. The topological polar surface area (TPSA) is 53.0 Å². The van der Waals surface area contributed by atoms with E-state index in [9.17, 15) is 9.90 Å². The van der Waals surface area contributed by atoms with Crippen LogP contribution in [0, 0.1) is 6.92 Å². The van der Waals surface area contributed by atoms with E-state index < -0.39 is 0 Å². The Morgan fingerprint density at radius 1 is 1.35 bits per heavy atom. The molecule has 6 heteroatoms. The Morgan fingerprint density at radius 2 is 2.13 bits per heavy atom. The standard InChI is InChI=1S/C17H20N2O3S/c1-11-4-5-15(23-11)12-8-13-10-19(17(21)18(2)3)6-7-22-16(13)14(20)9-12/h4-5,8-9,20H,6-7,10H2,1-3H3. The maximum absolute atomic E-state index is 12.2. The number of hydrogen-bond acceptors (Lipinski definition) is 4. The van der Waals surface area contributed by atoms with Gasteiger partial charge in [0.15, 0.2) is 11.5 Å². The molecule has 0 atom stereocenters. The molecule has 0 saturated heterocycles. The van der Waals surface area contributed by atoms with E-state index in [-0.39, 0.29) is 11.8 Å². The van der Waals surface area contributed by atoms with Gasteiger partial charge in [-0.1, -0.05) is 0 Å². The summed E-state index contributed by atoms with van der Waals surface area (Å²) >= 11 is 1.68. The van der Waals surface area contributed by atoms with Gasteiger partial charge in [0.1, 0.15) is 6.61 Å². The van der Waals surface area contributed by atoms with Gasteiger partial charge in [0.05, 0.1) is 13.1 Å². The van der Waals surface area contributed by atoms with Crippen molar-refractivity contribution in [2.24, 2.45) is 0 Å². The molecule has 0 bridgehead atoms. The van der Waals surface area contributed by atoms with E-state index in [0.717, 1.165) is 16.0 Å². The van der Waals surface area contributed by atoms with Crippen molar-refractivity contribution in [1.29, 1.82) is 0 Å². The summed E-state index contributed by atoms with van der Waals surface area (Å²) in [6, 6.07) is 7.77. The molecule has 1 aliphatic heterocycles. The molecule has 23 heavy (non-hydrogen) atoms. The highest BCUT2D eigenvalue weighted by molar-refractivity contribution is 7.15. The first-order valence-electron chi connectivity index (χ1n) is 7.47. The smallest absolute Gasteiger partial charge is 0.319 e. The average Bonchev–Trinajstić information content (AvgIpc) is 2.81. The quantitative estimate of drug-likeness (QED) is 0.872. The summed E-state index contributed by atoms with van der Waals surface area (Å²) in [5.74, 6) is 0.610. The predicted molar refractivity (Wildman–Crippen MR) is 91.1 cm³/mol. The zero-order chi connectivity index (χ0) is 16.6. The molecule has 3 rings (SSSR count). The number of aromatic hydroxyl groups is 1. The van der Waals surface area contributed by atoms with Crippen molar-refractivity contribution < 1.29 is 14.6 Å². The number of carbonyl (C=O) groups excluding carboxylic acids is 1. The average molecular weight is 332 g/mol. The number of carbonyl (C=O) groups is 1. The van der Waals surface area contributed by atoms with E-state index in [1.54, 1.807) is 41.3 Å². The van der Waals surface area contributed by atoms with Crippen molar-refractivity contribution in [2.75, 3.05) is 27.2 Å². The van der Waals surface area contributed by atoms with Crippen molar-refractivity contribution in [3.8, 4) is 21.9 Å². The van der Waals surface area contributed by atoms with Gasteiger partial charge in [-0.3, -0.25) is 0 Å². The normalized spacial score (nSPS) is 14.0. The minimum atomic E-state index is -0.0571. The third-order valence-corrected chi connectivity index (χ3v) is 4.84. The van der Waals surface area contributed by atoms with E-state index >= 15 is 0 Å². The Bertz CT molecular complexity index is 739. The van der Waals surface area contributed by atoms with Gasteiger partial charge in [-0.25, -0.2) is 4.79 Å². The van der Waals surface area contributed by atoms with Crippen LogP contribution in [-0.2, 0) is 6.54 Å². The minimum absolute atomic E-state index is 0.0571. The molecule has 1 aromatic carbocycles. The number of phenols is 1. The molecular formula is C17H20N2O3S. The lowest BCUT2D eigenvalue weighted by molar-refractivity contribution is 0.162. The van der Waals surface area contributed by atoms with Crippen molar-refractivity contribution in [1.82, 2.24) is 9.80 Å². The number of fused-ring (bicyclic) bond motifs is 1. The number of thiophene rings is 1. The number of nitrogens with zero attached hydrogens (tertiary/aromatic N) is 2. The summed E-state index contributed by atoms with van der Waals surface area (Å²) in [4.78, 5) is 17.8.